The van der Waals surface area contributed by atoms with Gasteiger partial charge in [-0.2, -0.15) is 0 Å². The molecule has 0 atom stereocenters. The highest BCUT2D eigenvalue weighted by Gasteiger charge is 2.37. The number of carbonyl (C=O) groups is 2. The third-order valence-corrected chi connectivity index (χ3v) is 4.15. The van der Waals surface area contributed by atoms with E-state index in [-0.39, 0.29) is 11.1 Å². The molecular weight excluding hydrogens is 336 g/mol. The van der Waals surface area contributed by atoms with Crippen molar-refractivity contribution < 1.29 is 24.5 Å². The van der Waals surface area contributed by atoms with Crippen molar-refractivity contribution in [3.63, 3.8) is 0 Å². The number of piperidine rings is 1. The maximum absolute atomic E-state index is 9.10. The third-order valence-electron chi connectivity index (χ3n) is 4.15. The predicted octanol–water partition coefficient (Wildman–Crippen LogP) is 2.25. The second-order valence-corrected chi connectivity index (χ2v) is 7.80. The van der Waals surface area contributed by atoms with Crippen molar-refractivity contribution in [3.8, 4) is 5.75 Å². The predicted molar refractivity (Wildman–Crippen MR) is 99.4 cm³/mol. The molecule has 1 aromatic rings. The first-order valence-electron chi connectivity index (χ1n) is 8.56. The number of carboxylic acid groups (broad SMARTS) is 2. The second kappa shape index (κ2) is 9.00. The van der Waals surface area contributed by atoms with Gasteiger partial charge in [0, 0.05) is 29.2 Å². The third kappa shape index (κ3) is 7.41. The molecule has 0 bridgehead atoms. The minimum absolute atomic E-state index is 0.181. The highest BCUT2D eigenvalue weighted by molar-refractivity contribution is 6.27. The number of aliphatic carboxylic acids is 2. The number of carboxylic acids is 2. The van der Waals surface area contributed by atoms with Crippen LogP contribution in [0.1, 0.15) is 46.1 Å². The molecule has 0 amide bonds. The summed E-state index contributed by atoms with van der Waals surface area (Å²) in [5.74, 6) is -2.68. The Balaban J connectivity index is 0.000000487. The Morgan fingerprint density at radius 3 is 2.08 bits per heavy atom. The lowest BCUT2D eigenvalue weighted by atomic mass is 9.79. The molecule has 1 saturated heterocycles. The van der Waals surface area contributed by atoms with E-state index >= 15 is 0 Å². The zero-order valence-electron chi connectivity index (χ0n) is 16.1. The molecule has 2 rings (SSSR count). The Morgan fingerprint density at radius 1 is 1.12 bits per heavy atom. The Kier molecular flexibility index (Phi) is 7.59. The number of rotatable bonds is 4. The molecule has 4 N–H and O–H groups in total. The van der Waals surface area contributed by atoms with Crippen LogP contribution in [0.4, 0.5) is 0 Å². The Bertz CT molecular complexity index is 600. The molecule has 1 aliphatic heterocycles. The largest absolute Gasteiger partial charge is 0.496 e. The lowest BCUT2D eigenvalue weighted by Gasteiger charge is -2.46. The van der Waals surface area contributed by atoms with Crippen LogP contribution < -0.4 is 15.4 Å². The zero-order chi connectivity index (χ0) is 20.0. The molecule has 0 unspecified atom stereocenters. The highest BCUT2D eigenvalue weighted by Crippen LogP contribution is 2.29. The van der Waals surface area contributed by atoms with Crippen LogP contribution in [0.5, 0.6) is 5.75 Å². The molecule has 1 fully saturated rings. The number of benzene rings is 1. The fraction of sp³-hybridized carbons (Fsp3) is 0.579. The fourth-order valence-electron chi connectivity index (χ4n) is 3.57. The molecular formula is C19H30N2O5. The number of hydrogen-bond donors (Lipinski definition) is 4. The van der Waals surface area contributed by atoms with Gasteiger partial charge in [-0.3, -0.25) is 0 Å². The first-order chi connectivity index (χ1) is 12.0. The van der Waals surface area contributed by atoms with Gasteiger partial charge in [0.2, 0.25) is 0 Å². The maximum atomic E-state index is 9.10. The molecule has 1 heterocycles. The average Bonchev–Trinajstić information content (AvgIpc) is 2.50. The fourth-order valence-corrected chi connectivity index (χ4v) is 3.57. The summed E-state index contributed by atoms with van der Waals surface area (Å²) in [6.07, 6.45) is 2.29. The monoisotopic (exact) mass is 366 g/mol. The minimum Gasteiger partial charge on any atom is -0.496 e. The number of nitrogens with one attached hydrogen (secondary N) is 2. The van der Waals surface area contributed by atoms with Gasteiger partial charge >= 0.3 is 11.9 Å². The molecule has 1 aliphatic rings. The number of methoxy groups -OCH3 is 1. The molecule has 0 aromatic heterocycles. The van der Waals surface area contributed by atoms with Gasteiger partial charge in [-0.15, -0.1) is 0 Å². The van der Waals surface area contributed by atoms with E-state index in [0.717, 1.165) is 25.1 Å². The van der Waals surface area contributed by atoms with Gasteiger partial charge in [0.25, 0.3) is 0 Å². The molecule has 26 heavy (non-hydrogen) atoms. The quantitative estimate of drug-likeness (QED) is 0.605. The van der Waals surface area contributed by atoms with E-state index in [1.165, 1.54) is 5.56 Å². The maximum Gasteiger partial charge on any atom is 0.414 e. The van der Waals surface area contributed by atoms with E-state index in [0.29, 0.717) is 6.04 Å². The van der Waals surface area contributed by atoms with Crippen LogP contribution in [0.2, 0.25) is 0 Å². The smallest absolute Gasteiger partial charge is 0.414 e. The number of para-hydroxylation sites is 1. The van der Waals surface area contributed by atoms with Crippen molar-refractivity contribution in [3.05, 3.63) is 29.8 Å². The van der Waals surface area contributed by atoms with Crippen LogP contribution in [0, 0.1) is 0 Å². The summed E-state index contributed by atoms with van der Waals surface area (Å²) < 4.78 is 5.41. The summed E-state index contributed by atoms with van der Waals surface area (Å²) >= 11 is 0. The number of hydrogen-bond acceptors (Lipinski definition) is 5. The highest BCUT2D eigenvalue weighted by atomic mass is 16.5. The van der Waals surface area contributed by atoms with E-state index in [9.17, 15) is 0 Å². The molecule has 0 saturated carbocycles. The van der Waals surface area contributed by atoms with Gasteiger partial charge in [-0.25, -0.2) is 9.59 Å². The van der Waals surface area contributed by atoms with Crippen LogP contribution >= 0.6 is 0 Å². The van der Waals surface area contributed by atoms with E-state index < -0.39 is 11.9 Å². The molecule has 146 valence electrons. The molecule has 0 aliphatic carbocycles. The van der Waals surface area contributed by atoms with Gasteiger partial charge in [0.05, 0.1) is 7.11 Å². The molecule has 0 spiro atoms. The van der Waals surface area contributed by atoms with Gasteiger partial charge < -0.3 is 25.6 Å². The summed E-state index contributed by atoms with van der Waals surface area (Å²) in [4.78, 5) is 18.2. The van der Waals surface area contributed by atoms with Crippen molar-refractivity contribution in [2.45, 2.75) is 64.2 Å². The SMILES string of the molecule is COc1ccccc1CNC1CC(C)(C)NC(C)(C)C1.O=C(O)C(=O)O. The van der Waals surface area contributed by atoms with Crippen molar-refractivity contribution in [1.82, 2.24) is 10.6 Å². The van der Waals surface area contributed by atoms with E-state index in [4.69, 9.17) is 24.5 Å². The van der Waals surface area contributed by atoms with Crippen LogP contribution in [0.15, 0.2) is 24.3 Å². The first-order valence-corrected chi connectivity index (χ1v) is 8.56. The standard InChI is InChI=1S/C17H28N2O.C2H2O4/c1-16(2)10-14(11-17(3,4)19-16)18-12-13-8-6-7-9-15(13)20-5;3-1(4)2(5)6/h6-9,14,18-19H,10-12H2,1-5H3;(H,3,4)(H,5,6). The minimum atomic E-state index is -1.82. The van der Waals surface area contributed by atoms with Crippen molar-refractivity contribution in [2.75, 3.05) is 7.11 Å². The summed E-state index contributed by atoms with van der Waals surface area (Å²) in [5.41, 5.74) is 1.59. The zero-order valence-corrected chi connectivity index (χ0v) is 16.1. The number of ether oxygens (including phenoxy) is 1. The Morgan fingerprint density at radius 2 is 1.62 bits per heavy atom. The summed E-state index contributed by atoms with van der Waals surface area (Å²) in [5, 5.41) is 22.2. The summed E-state index contributed by atoms with van der Waals surface area (Å²) in [6.45, 7) is 10.00. The lowest BCUT2D eigenvalue weighted by molar-refractivity contribution is -0.159. The van der Waals surface area contributed by atoms with Crippen LogP contribution in [0.3, 0.4) is 0 Å². The lowest BCUT2D eigenvalue weighted by Crippen LogP contribution is -2.61. The van der Waals surface area contributed by atoms with Gasteiger partial charge in [-0.05, 0) is 46.6 Å². The van der Waals surface area contributed by atoms with Gasteiger partial charge in [0.1, 0.15) is 5.75 Å². The summed E-state index contributed by atoms with van der Waals surface area (Å²) in [6, 6.07) is 8.76. The topological polar surface area (TPSA) is 108 Å². The van der Waals surface area contributed by atoms with E-state index in [1.54, 1.807) is 7.11 Å². The van der Waals surface area contributed by atoms with Crippen molar-refractivity contribution >= 4 is 11.9 Å². The first kappa shape index (κ1) is 21.9. The normalized spacial score (nSPS) is 18.3. The molecule has 7 nitrogen and oxygen atoms in total. The van der Waals surface area contributed by atoms with E-state index in [2.05, 4.69) is 50.5 Å². The van der Waals surface area contributed by atoms with Crippen LogP contribution in [-0.4, -0.2) is 46.4 Å². The summed E-state index contributed by atoms with van der Waals surface area (Å²) in [7, 11) is 1.73. The molecule has 1 aromatic carbocycles. The van der Waals surface area contributed by atoms with Crippen LogP contribution in [0.25, 0.3) is 0 Å². The average molecular weight is 366 g/mol. The Labute approximate surface area is 154 Å². The van der Waals surface area contributed by atoms with E-state index in [1.807, 2.05) is 12.1 Å². The molecule has 0 radical (unpaired) electrons. The van der Waals surface area contributed by atoms with Crippen LogP contribution in [-0.2, 0) is 16.1 Å². The van der Waals surface area contributed by atoms with Gasteiger partial charge in [0.15, 0.2) is 0 Å². The second-order valence-electron chi connectivity index (χ2n) is 7.80. The van der Waals surface area contributed by atoms with Gasteiger partial charge in [-0.1, -0.05) is 18.2 Å². The Hall–Kier alpha value is -2.12. The van der Waals surface area contributed by atoms with Crippen molar-refractivity contribution in [1.29, 1.82) is 0 Å². The molecule has 7 heteroatoms. The van der Waals surface area contributed by atoms with Crippen molar-refractivity contribution in [2.24, 2.45) is 0 Å².